The van der Waals surface area contributed by atoms with Crippen LogP contribution in [0.15, 0.2) is 63.8 Å². The van der Waals surface area contributed by atoms with E-state index in [0.29, 0.717) is 0 Å². The Hall–Kier alpha value is -9.16. The highest BCUT2D eigenvalue weighted by molar-refractivity contribution is 6.17. The van der Waals surface area contributed by atoms with Gasteiger partial charge in [-0.05, 0) is 54.4 Å². The number of carbonyl (C=O) groups is 3. The molecular weight excluding hydrogens is 1030 g/mol. The van der Waals surface area contributed by atoms with Gasteiger partial charge in [0.15, 0.2) is 104 Å². The van der Waals surface area contributed by atoms with Crippen LogP contribution in [-0.4, -0.2) is 50.9 Å². The van der Waals surface area contributed by atoms with Crippen molar-refractivity contribution in [3.8, 4) is 62.6 Å². The largest absolute Gasteiger partial charge is 0.493 e. The lowest BCUT2D eigenvalue weighted by Crippen LogP contribution is -2.19. The van der Waals surface area contributed by atoms with E-state index in [4.69, 9.17) is 37.6 Å². The van der Waals surface area contributed by atoms with Gasteiger partial charge in [-0.3, -0.25) is 0 Å². The summed E-state index contributed by atoms with van der Waals surface area (Å²) in [5.74, 6) is -34.1. The molecule has 25 heteroatoms. The van der Waals surface area contributed by atoms with Crippen LogP contribution in [0.3, 0.4) is 0 Å². The molecule has 8 aromatic rings. The summed E-state index contributed by atoms with van der Waals surface area (Å²) in [5.41, 5.74) is -5.92. The molecule has 0 spiro atoms. The van der Waals surface area contributed by atoms with E-state index in [0.717, 1.165) is 46.6 Å². The highest BCUT2D eigenvalue weighted by Crippen LogP contribution is 2.54. The second kappa shape index (κ2) is 19.0. The number of aryl methyl sites for hydroxylation is 1. The Labute approximate surface area is 409 Å². The van der Waals surface area contributed by atoms with Gasteiger partial charge in [-0.1, -0.05) is 6.07 Å². The number of nitrogens with zero attached hydrogens (tertiary/aromatic N) is 1. The molecule has 1 aliphatic heterocycles. The van der Waals surface area contributed by atoms with Gasteiger partial charge >= 0.3 is 23.5 Å². The molecule has 0 saturated heterocycles. The predicted octanol–water partition coefficient (Wildman–Crippen LogP) is 11.0. The zero-order valence-electron chi connectivity index (χ0n) is 38.0. The first-order valence-corrected chi connectivity index (χ1v) is 21.0. The summed E-state index contributed by atoms with van der Waals surface area (Å²) in [6.45, 7) is -0.254. The number of ether oxygens (including phenoxy) is 7. The molecule has 0 aliphatic carbocycles. The summed E-state index contributed by atoms with van der Waals surface area (Å²) in [6, 6.07) is 6.95. The van der Waals surface area contributed by atoms with Crippen LogP contribution in [0.4, 0.5) is 52.7 Å². The zero-order chi connectivity index (χ0) is 54.2. The van der Waals surface area contributed by atoms with Crippen LogP contribution in [0.25, 0.3) is 44.3 Å². The third kappa shape index (κ3) is 8.19. The van der Waals surface area contributed by atoms with Gasteiger partial charge in [0.1, 0.15) is 27.8 Å². The maximum Gasteiger partial charge on any atom is 0.361 e. The number of halogens is 12. The molecule has 0 saturated carbocycles. The molecule has 6 aromatic carbocycles. The first-order chi connectivity index (χ1) is 35.6. The van der Waals surface area contributed by atoms with E-state index in [1.54, 1.807) is 0 Å². The summed E-state index contributed by atoms with van der Waals surface area (Å²) in [7, 11) is 4.37. The zero-order valence-corrected chi connectivity index (χ0v) is 38.0. The lowest BCUT2D eigenvalue weighted by atomic mass is 9.91. The Bertz CT molecular complexity index is 3890. The minimum Gasteiger partial charge on any atom is -0.493 e. The van der Waals surface area contributed by atoms with Crippen LogP contribution >= 0.6 is 0 Å². The van der Waals surface area contributed by atoms with Crippen LogP contribution in [0, 0.1) is 69.8 Å². The number of benzene rings is 6. The average Bonchev–Trinajstić information content (AvgIpc) is 3.81. The van der Waals surface area contributed by atoms with E-state index in [2.05, 4.69) is 0 Å². The quantitative estimate of drug-likeness (QED) is 0.0303. The monoisotopic (exact) mass is 1060 g/mol. The highest BCUT2D eigenvalue weighted by atomic mass is 19.2. The number of esters is 3. The van der Waals surface area contributed by atoms with Gasteiger partial charge in [-0.25, -0.2) is 71.9 Å². The van der Waals surface area contributed by atoms with Crippen molar-refractivity contribution in [3.05, 3.63) is 157 Å². The van der Waals surface area contributed by atoms with Crippen LogP contribution < -0.4 is 38.8 Å². The van der Waals surface area contributed by atoms with E-state index in [-0.39, 0.29) is 92.7 Å². The lowest BCUT2D eigenvalue weighted by molar-refractivity contribution is 0.0711. The fourth-order valence-corrected chi connectivity index (χ4v) is 8.41. The standard InChI is InChI=1S/C50H25F12NO12/c1-68-28-9-16(5-6-26(28)72-47(64)20-10-23(51)37(57)40(60)34(20)54)32-33-19-14-29(69-2)30(74-48(65)21-11-24(52)38(58)41(61)35(21)55)15-27(19)73-50(67)44(33)63-8-7-17-18(43(32)63)13-31(70-3)46(71-4)45(17)75-49(66)22-12-25(53)39(59)42(62)36(22)56/h5-6,9-15H,7-8H2,1-4H3. The van der Waals surface area contributed by atoms with E-state index in [1.165, 1.54) is 22.8 Å². The number of carbonyl (C=O) groups excluding carboxylic acids is 3. The Morgan fingerprint density at radius 1 is 0.507 bits per heavy atom. The Morgan fingerprint density at radius 3 is 1.51 bits per heavy atom. The van der Waals surface area contributed by atoms with E-state index in [1.807, 2.05) is 0 Å². The summed E-state index contributed by atoms with van der Waals surface area (Å²) < 4.78 is 216. The molecule has 2 aromatic heterocycles. The topological polar surface area (TPSA) is 151 Å². The summed E-state index contributed by atoms with van der Waals surface area (Å²) in [6.07, 6.45) is -0.223. The van der Waals surface area contributed by atoms with Gasteiger partial charge in [-0.2, -0.15) is 0 Å². The summed E-state index contributed by atoms with van der Waals surface area (Å²) in [5, 5.41) is -0.134. The van der Waals surface area contributed by atoms with Crippen molar-refractivity contribution in [2.75, 3.05) is 28.4 Å². The maximum atomic E-state index is 15.0. The lowest BCUT2D eigenvalue weighted by Gasteiger charge is -2.26. The number of hydrogen-bond acceptors (Lipinski definition) is 12. The first kappa shape index (κ1) is 50.8. The molecule has 1 aliphatic rings. The van der Waals surface area contributed by atoms with Crippen LogP contribution in [0.5, 0.6) is 40.2 Å². The van der Waals surface area contributed by atoms with Crippen molar-refractivity contribution in [3.63, 3.8) is 0 Å². The van der Waals surface area contributed by atoms with Crippen LogP contribution in [0.2, 0.25) is 0 Å². The molecule has 9 rings (SSSR count). The van der Waals surface area contributed by atoms with Crippen molar-refractivity contribution in [1.29, 1.82) is 0 Å². The fourth-order valence-electron chi connectivity index (χ4n) is 8.41. The second-order valence-electron chi connectivity index (χ2n) is 15.8. The van der Waals surface area contributed by atoms with Gasteiger partial charge < -0.3 is 42.1 Å². The Balaban J connectivity index is 1.30. The molecule has 75 heavy (non-hydrogen) atoms. The molecule has 3 heterocycles. The molecule has 386 valence electrons. The number of fused-ring (bicyclic) bond motifs is 7. The fraction of sp³-hybridized carbons (Fsp3) is 0.120. The highest BCUT2D eigenvalue weighted by Gasteiger charge is 2.36. The molecule has 0 unspecified atom stereocenters. The normalized spacial score (nSPS) is 11.8. The average molecular weight is 1060 g/mol. The molecule has 13 nitrogen and oxygen atoms in total. The first-order valence-electron chi connectivity index (χ1n) is 21.0. The van der Waals surface area contributed by atoms with Gasteiger partial charge in [-0.15, -0.1) is 0 Å². The molecule has 0 N–H and O–H groups in total. The third-order valence-electron chi connectivity index (χ3n) is 11.8. The van der Waals surface area contributed by atoms with Gasteiger partial charge in [0.05, 0.1) is 34.1 Å². The molecule has 0 bridgehead atoms. The van der Waals surface area contributed by atoms with Crippen LogP contribution in [0.1, 0.15) is 36.6 Å². The van der Waals surface area contributed by atoms with Gasteiger partial charge in [0.25, 0.3) is 0 Å². The number of aromatic nitrogens is 1. The molecule has 0 amide bonds. The predicted molar refractivity (Wildman–Crippen MR) is 232 cm³/mol. The van der Waals surface area contributed by atoms with Crippen molar-refractivity contribution >= 4 is 39.8 Å². The Kier molecular flexibility index (Phi) is 12.9. The molecule has 0 radical (unpaired) electrons. The van der Waals surface area contributed by atoms with Crippen molar-refractivity contribution < 1.29 is 105 Å². The van der Waals surface area contributed by atoms with Gasteiger partial charge in [0, 0.05) is 40.1 Å². The van der Waals surface area contributed by atoms with Crippen LogP contribution in [-0.2, 0) is 13.0 Å². The van der Waals surface area contributed by atoms with Crippen molar-refractivity contribution in [2.24, 2.45) is 0 Å². The number of rotatable bonds is 11. The van der Waals surface area contributed by atoms with Gasteiger partial charge in [0.2, 0.25) is 5.75 Å². The smallest absolute Gasteiger partial charge is 0.361 e. The number of hydrogen-bond donors (Lipinski definition) is 0. The molecular formula is C50H25F12NO12. The van der Waals surface area contributed by atoms with E-state index in [9.17, 15) is 67.5 Å². The third-order valence-corrected chi connectivity index (χ3v) is 11.8. The van der Waals surface area contributed by atoms with E-state index >= 15 is 4.39 Å². The van der Waals surface area contributed by atoms with Crippen molar-refractivity contribution in [1.82, 2.24) is 4.57 Å². The minimum absolute atomic E-state index is 0.00537. The summed E-state index contributed by atoms with van der Waals surface area (Å²) >= 11 is 0. The van der Waals surface area contributed by atoms with E-state index < -0.39 is 139 Å². The van der Waals surface area contributed by atoms with Crippen molar-refractivity contribution in [2.45, 2.75) is 13.0 Å². The maximum absolute atomic E-state index is 15.0. The Morgan fingerprint density at radius 2 is 1.00 bits per heavy atom. The SMILES string of the molecule is COc1cc(-c2c3n(c4c(=O)oc5cc(OC(=O)c6cc(F)c(F)c(F)c6F)c(OC)cc5c24)CCc2c-3cc(OC)c(OC)c2OC(=O)c2cc(F)c(F)c(F)c2F)ccc1OC(=O)c1cc(F)c(F)c(F)c1F. The molecule has 0 fully saturated rings. The summed E-state index contributed by atoms with van der Waals surface area (Å²) in [4.78, 5) is 54.3. The second-order valence-corrected chi connectivity index (χ2v) is 15.8. The number of methoxy groups -OCH3 is 4. The minimum atomic E-state index is -2.34. The molecule has 0 atom stereocenters.